The van der Waals surface area contributed by atoms with Crippen molar-refractivity contribution in [3.63, 3.8) is 0 Å². The zero-order valence-electron chi connectivity index (χ0n) is 10.5. The highest BCUT2D eigenvalue weighted by molar-refractivity contribution is 9.10. The molecule has 0 heterocycles. The summed E-state index contributed by atoms with van der Waals surface area (Å²) in [5, 5.41) is 10.3. The third kappa shape index (κ3) is 2.59. The summed E-state index contributed by atoms with van der Waals surface area (Å²) in [6, 6.07) is 2.57. The molecule has 1 aliphatic rings. The van der Waals surface area contributed by atoms with Gasteiger partial charge < -0.3 is 5.11 Å². The van der Waals surface area contributed by atoms with E-state index in [1.54, 1.807) is 0 Å². The van der Waals surface area contributed by atoms with E-state index in [2.05, 4.69) is 29.8 Å². The van der Waals surface area contributed by atoms with E-state index in [0.717, 1.165) is 0 Å². The molecule has 0 bridgehead atoms. The third-order valence-electron chi connectivity index (χ3n) is 3.87. The predicted octanol–water partition coefficient (Wildman–Crippen LogP) is 4.07. The fourth-order valence-electron chi connectivity index (χ4n) is 2.59. The van der Waals surface area contributed by atoms with Crippen molar-refractivity contribution in [3.8, 4) is 0 Å². The van der Waals surface area contributed by atoms with Gasteiger partial charge in [0.1, 0.15) is 11.6 Å². The Kier molecular flexibility index (Phi) is 3.79. The van der Waals surface area contributed by atoms with Gasteiger partial charge in [-0.05, 0) is 52.7 Å². The van der Waals surface area contributed by atoms with Crippen molar-refractivity contribution in [3.05, 3.63) is 33.8 Å². The highest BCUT2D eigenvalue weighted by Gasteiger charge is 2.44. The number of hydrogen-bond donors (Lipinski definition) is 1. The minimum absolute atomic E-state index is 0.0194. The molecule has 1 nitrogen and oxygen atoms in total. The maximum Gasteiger partial charge on any atom is 0.143 e. The summed E-state index contributed by atoms with van der Waals surface area (Å²) in [5.41, 5.74) is -0.966. The van der Waals surface area contributed by atoms with Crippen LogP contribution in [0.3, 0.4) is 0 Å². The fourth-order valence-corrected chi connectivity index (χ4v) is 2.96. The molecule has 100 valence electrons. The topological polar surface area (TPSA) is 20.2 Å². The van der Waals surface area contributed by atoms with Crippen LogP contribution in [-0.4, -0.2) is 10.7 Å². The van der Waals surface area contributed by atoms with Crippen LogP contribution in [0.1, 0.15) is 32.3 Å². The first-order chi connectivity index (χ1) is 8.32. The van der Waals surface area contributed by atoms with Crippen LogP contribution in [0, 0.1) is 23.5 Å². The van der Waals surface area contributed by atoms with Gasteiger partial charge in [-0.15, -0.1) is 0 Å². The molecule has 0 unspecified atom stereocenters. The highest BCUT2D eigenvalue weighted by Crippen LogP contribution is 2.44. The Balaban J connectivity index is 2.14. The van der Waals surface area contributed by atoms with Gasteiger partial charge >= 0.3 is 0 Å². The minimum Gasteiger partial charge on any atom is -0.390 e. The van der Waals surface area contributed by atoms with E-state index in [9.17, 15) is 13.9 Å². The van der Waals surface area contributed by atoms with Crippen LogP contribution in [0.25, 0.3) is 0 Å². The standard InChI is InChI=1S/C14H17BrF2O/c1-8(2)9-5-14(18,6-9)7-10-12(16)4-3-11(15)13(10)17/h3-4,8-9,18H,5-7H2,1-2H3. The SMILES string of the molecule is CC(C)C1CC(O)(Cc2c(F)ccc(Br)c2F)C1. The Morgan fingerprint density at radius 3 is 2.56 bits per heavy atom. The molecule has 0 spiro atoms. The first-order valence-corrected chi connectivity index (χ1v) is 6.96. The summed E-state index contributed by atoms with van der Waals surface area (Å²) in [4.78, 5) is 0. The number of rotatable bonds is 3. The number of hydrogen-bond acceptors (Lipinski definition) is 1. The summed E-state index contributed by atoms with van der Waals surface area (Å²) in [5.74, 6) is -0.232. The second-order valence-corrected chi connectivity index (χ2v) is 6.49. The van der Waals surface area contributed by atoms with E-state index in [0.29, 0.717) is 24.7 Å². The smallest absolute Gasteiger partial charge is 0.143 e. The van der Waals surface area contributed by atoms with Gasteiger partial charge in [-0.25, -0.2) is 8.78 Å². The van der Waals surface area contributed by atoms with E-state index in [1.165, 1.54) is 12.1 Å². The molecule has 4 heteroatoms. The Bertz CT molecular complexity index is 453. The molecule has 2 rings (SSSR count). The van der Waals surface area contributed by atoms with Crippen molar-refractivity contribution in [1.82, 2.24) is 0 Å². The van der Waals surface area contributed by atoms with Gasteiger partial charge in [0.2, 0.25) is 0 Å². The molecule has 1 N–H and O–H groups in total. The van der Waals surface area contributed by atoms with Crippen molar-refractivity contribution < 1.29 is 13.9 Å². The van der Waals surface area contributed by atoms with E-state index in [-0.39, 0.29) is 16.5 Å². The minimum atomic E-state index is -0.947. The van der Waals surface area contributed by atoms with Gasteiger partial charge in [0.25, 0.3) is 0 Å². The Morgan fingerprint density at radius 2 is 2.00 bits per heavy atom. The van der Waals surface area contributed by atoms with Crippen molar-refractivity contribution >= 4 is 15.9 Å². The lowest BCUT2D eigenvalue weighted by atomic mass is 9.64. The van der Waals surface area contributed by atoms with Crippen LogP contribution in [-0.2, 0) is 6.42 Å². The summed E-state index contributed by atoms with van der Waals surface area (Å²) in [6.07, 6.45) is 1.29. The Morgan fingerprint density at radius 1 is 1.39 bits per heavy atom. The van der Waals surface area contributed by atoms with Gasteiger partial charge in [-0.2, -0.15) is 0 Å². The lowest BCUT2D eigenvalue weighted by Crippen LogP contribution is -2.47. The second-order valence-electron chi connectivity index (χ2n) is 5.64. The molecule has 18 heavy (non-hydrogen) atoms. The maximum atomic E-state index is 13.8. The molecule has 0 aliphatic heterocycles. The lowest BCUT2D eigenvalue weighted by Gasteiger charge is -2.46. The van der Waals surface area contributed by atoms with Crippen molar-refractivity contribution in [2.45, 2.75) is 38.7 Å². The first kappa shape index (κ1) is 13.9. The fraction of sp³-hybridized carbons (Fsp3) is 0.571. The summed E-state index contributed by atoms with van der Waals surface area (Å²) >= 11 is 3.04. The molecule has 0 atom stereocenters. The van der Waals surface area contributed by atoms with Gasteiger partial charge in [-0.3, -0.25) is 0 Å². The van der Waals surface area contributed by atoms with Crippen LogP contribution in [0.2, 0.25) is 0 Å². The Labute approximate surface area is 114 Å². The quantitative estimate of drug-likeness (QED) is 0.833. The summed E-state index contributed by atoms with van der Waals surface area (Å²) in [7, 11) is 0. The van der Waals surface area contributed by atoms with Crippen molar-refractivity contribution in [2.24, 2.45) is 11.8 Å². The zero-order chi connectivity index (χ0) is 13.5. The number of halogens is 3. The molecular formula is C14H17BrF2O. The van der Waals surface area contributed by atoms with Crippen LogP contribution < -0.4 is 0 Å². The summed E-state index contributed by atoms with van der Waals surface area (Å²) < 4.78 is 27.7. The molecule has 1 aromatic carbocycles. The van der Waals surface area contributed by atoms with E-state index in [4.69, 9.17) is 0 Å². The van der Waals surface area contributed by atoms with E-state index in [1.807, 2.05) is 0 Å². The highest BCUT2D eigenvalue weighted by atomic mass is 79.9. The molecule has 0 radical (unpaired) electrons. The lowest BCUT2D eigenvalue weighted by molar-refractivity contribution is -0.0869. The predicted molar refractivity (Wildman–Crippen MR) is 70.3 cm³/mol. The molecule has 0 saturated heterocycles. The average molecular weight is 319 g/mol. The third-order valence-corrected chi connectivity index (χ3v) is 4.48. The van der Waals surface area contributed by atoms with Gasteiger partial charge in [0, 0.05) is 12.0 Å². The van der Waals surface area contributed by atoms with Crippen LogP contribution in [0.15, 0.2) is 16.6 Å². The average Bonchev–Trinajstić information content (AvgIpc) is 2.26. The first-order valence-electron chi connectivity index (χ1n) is 6.17. The maximum absolute atomic E-state index is 13.8. The van der Waals surface area contributed by atoms with E-state index >= 15 is 0 Å². The van der Waals surface area contributed by atoms with E-state index < -0.39 is 17.2 Å². The van der Waals surface area contributed by atoms with Gasteiger partial charge in [0.15, 0.2) is 0 Å². The second kappa shape index (κ2) is 4.89. The largest absolute Gasteiger partial charge is 0.390 e. The summed E-state index contributed by atoms with van der Waals surface area (Å²) in [6.45, 7) is 4.20. The van der Waals surface area contributed by atoms with Gasteiger partial charge in [0.05, 0.1) is 10.1 Å². The molecule has 1 fully saturated rings. The van der Waals surface area contributed by atoms with Crippen molar-refractivity contribution in [2.75, 3.05) is 0 Å². The zero-order valence-corrected chi connectivity index (χ0v) is 12.1. The molecule has 0 amide bonds. The molecule has 1 aromatic rings. The molecule has 0 aromatic heterocycles. The van der Waals surface area contributed by atoms with Crippen LogP contribution in [0.5, 0.6) is 0 Å². The van der Waals surface area contributed by atoms with Crippen molar-refractivity contribution in [1.29, 1.82) is 0 Å². The molecular weight excluding hydrogens is 302 g/mol. The monoisotopic (exact) mass is 318 g/mol. The number of aliphatic hydroxyl groups is 1. The van der Waals surface area contributed by atoms with Crippen LogP contribution in [0.4, 0.5) is 8.78 Å². The van der Waals surface area contributed by atoms with Crippen LogP contribution >= 0.6 is 15.9 Å². The number of benzene rings is 1. The molecule has 1 aliphatic carbocycles. The molecule has 1 saturated carbocycles. The Hall–Kier alpha value is -0.480. The normalized spacial score (nSPS) is 27.4. The van der Waals surface area contributed by atoms with Gasteiger partial charge in [-0.1, -0.05) is 13.8 Å².